The van der Waals surface area contributed by atoms with Gasteiger partial charge in [0.15, 0.2) is 0 Å². The average Bonchev–Trinajstić information content (AvgIpc) is 2.96. The molecule has 2 heterocycles. The number of hydrogen-bond acceptors (Lipinski definition) is 7. The van der Waals surface area contributed by atoms with Crippen LogP contribution in [0.25, 0.3) is 0 Å². The smallest absolute Gasteiger partial charge is 0.325 e. The molecule has 2 saturated heterocycles. The molecule has 4 rings (SSSR count). The minimum Gasteiger partial charge on any atom is -0.495 e. The lowest BCUT2D eigenvalue weighted by atomic mass is 10.1. The van der Waals surface area contributed by atoms with E-state index in [9.17, 15) is 14.4 Å². The van der Waals surface area contributed by atoms with Gasteiger partial charge < -0.3 is 34.8 Å². The molecule has 0 radical (unpaired) electrons. The molecule has 0 aliphatic carbocycles. The van der Waals surface area contributed by atoms with E-state index in [0.717, 1.165) is 75.7 Å². The first kappa shape index (κ1) is 27.1. The van der Waals surface area contributed by atoms with Crippen LogP contribution < -0.4 is 25.2 Å². The maximum Gasteiger partial charge on any atom is 0.325 e. The number of methoxy groups -OCH3 is 1. The Morgan fingerprint density at radius 3 is 2.24 bits per heavy atom. The Hall–Kier alpha value is -3.95. The van der Waals surface area contributed by atoms with E-state index in [4.69, 9.17) is 9.47 Å². The first-order chi connectivity index (χ1) is 18.5. The van der Waals surface area contributed by atoms with E-state index in [2.05, 4.69) is 26.5 Å². The average molecular weight is 524 g/mol. The molecule has 0 spiro atoms. The molecule has 10 nitrogen and oxygen atoms in total. The van der Waals surface area contributed by atoms with Crippen molar-refractivity contribution >= 4 is 35.0 Å². The van der Waals surface area contributed by atoms with Crippen molar-refractivity contribution in [3.8, 4) is 5.75 Å². The summed E-state index contributed by atoms with van der Waals surface area (Å²) in [6.45, 7) is 6.25. The molecule has 38 heavy (non-hydrogen) atoms. The van der Waals surface area contributed by atoms with E-state index in [1.165, 1.54) is 0 Å². The lowest BCUT2D eigenvalue weighted by molar-refractivity contribution is -0.141. The van der Waals surface area contributed by atoms with Crippen molar-refractivity contribution in [1.82, 2.24) is 10.2 Å². The quantitative estimate of drug-likeness (QED) is 0.512. The third kappa shape index (κ3) is 6.67. The number of para-hydroxylation sites is 2. The number of nitrogens with one attached hydrogen (secondary N) is 2. The number of piperazine rings is 1. The van der Waals surface area contributed by atoms with E-state index >= 15 is 0 Å². The summed E-state index contributed by atoms with van der Waals surface area (Å²) in [6.07, 6.45) is 3.11. The number of benzene rings is 2. The lowest BCUT2D eigenvalue weighted by Gasteiger charge is -2.39. The van der Waals surface area contributed by atoms with Crippen LogP contribution in [-0.4, -0.2) is 82.3 Å². The van der Waals surface area contributed by atoms with Gasteiger partial charge in [-0.25, -0.2) is 4.79 Å². The second-order valence-electron chi connectivity index (χ2n) is 9.34. The maximum absolute atomic E-state index is 13.6. The zero-order chi connectivity index (χ0) is 26.9. The third-order valence-electron chi connectivity index (χ3n) is 6.87. The summed E-state index contributed by atoms with van der Waals surface area (Å²) in [5.41, 5.74) is 2.98. The van der Waals surface area contributed by atoms with Gasteiger partial charge in [-0.2, -0.15) is 0 Å². The van der Waals surface area contributed by atoms with E-state index < -0.39 is 12.0 Å². The monoisotopic (exact) mass is 523 g/mol. The topological polar surface area (TPSA) is 103 Å². The molecule has 2 aliphatic heterocycles. The molecule has 0 atom stereocenters. The predicted molar refractivity (Wildman–Crippen MR) is 147 cm³/mol. The molecule has 0 aromatic heterocycles. The number of likely N-dealkylation sites (tertiary alicyclic amines) is 1. The highest BCUT2D eigenvalue weighted by molar-refractivity contribution is 6.02. The van der Waals surface area contributed by atoms with Crippen LogP contribution in [0.4, 0.5) is 21.9 Å². The van der Waals surface area contributed by atoms with Gasteiger partial charge in [0.25, 0.3) is 5.91 Å². The van der Waals surface area contributed by atoms with Crippen molar-refractivity contribution < 1.29 is 23.9 Å². The first-order valence-electron chi connectivity index (χ1n) is 13.3. The molecule has 2 N–H and O–H groups in total. The van der Waals surface area contributed by atoms with E-state index in [1.807, 2.05) is 29.2 Å². The molecular formula is C28H37N5O5. The Labute approximate surface area is 223 Å². The Morgan fingerprint density at radius 1 is 0.868 bits per heavy atom. The van der Waals surface area contributed by atoms with Crippen LogP contribution in [-0.2, 0) is 9.53 Å². The van der Waals surface area contributed by atoms with Crippen LogP contribution in [0.15, 0.2) is 42.5 Å². The summed E-state index contributed by atoms with van der Waals surface area (Å²) in [6, 6.07) is 12.9. The normalized spacial score (nSPS) is 15.6. The number of rotatable bonds is 8. The van der Waals surface area contributed by atoms with Gasteiger partial charge in [-0.3, -0.25) is 9.59 Å². The lowest BCUT2D eigenvalue weighted by Crippen LogP contribution is -2.47. The highest BCUT2D eigenvalue weighted by Gasteiger charge is 2.26. The summed E-state index contributed by atoms with van der Waals surface area (Å²) in [4.78, 5) is 44.0. The maximum atomic E-state index is 13.6. The number of anilines is 3. The van der Waals surface area contributed by atoms with Crippen molar-refractivity contribution in [3.05, 3.63) is 48.0 Å². The third-order valence-corrected chi connectivity index (χ3v) is 6.87. The molecule has 204 valence electrons. The zero-order valence-electron chi connectivity index (χ0n) is 22.2. The van der Waals surface area contributed by atoms with E-state index in [1.54, 1.807) is 26.2 Å². The largest absolute Gasteiger partial charge is 0.495 e. The summed E-state index contributed by atoms with van der Waals surface area (Å²) in [5.74, 6) is 0.312. The second kappa shape index (κ2) is 13.0. The van der Waals surface area contributed by atoms with Crippen molar-refractivity contribution in [2.45, 2.75) is 26.2 Å². The van der Waals surface area contributed by atoms with Gasteiger partial charge in [0.05, 0.1) is 25.0 Å². The van der Waals surface area contributed by atoms with Crippen LogP contribution in [0.3, 0.4) is 0 Å². The number of ether oxygens (including phenoxy) is 2. The molecule has 0 unspecified atom stereocenters. The minimum absolute atomic E-state index is 0.0255. The summed E-state index contributed by atoms with van der Waals surface area (Å²) >= 11 is 0. The minimum atomic E-state index is -0.535. The van der Waals surface area contributed by atoms with Gasteiger partial charge in [-0.1, -0.05) is 12.1 Å². The number of hydrogen-bond donors (Lipinski definition) is 2. The molecule has 10 heteroatoms. The van der Waals surface area contributed by atoms with Gasteiger partial charge in [0.2, 0.25) is 0 Å². The Kier molecular flexibility index (Phi) is 9.29. The van der Waals surface area contributed by atoms with Crippen molar-refractivity contribution in [2.24, 2.45) is 0 Å². The summed E-state index contributed by atoms with van der Waals surface area (Å²) in [5, 5.41) is 5.23. The molecule has 3 amide bonds. The Bertz CT molecular complexity index is 1130. The van der Waals surface area contributed by atoms with Crippen LogP contribution in [0, 0.1) is 0 Å². The van der Waals surface area contributed by atoms with Gasteiger partial charge in [0, 0.05) is 50.6 Å². The second-order valence-corrected chi connectivity index (χ2v) is 9.34. The van der Waals surface area contributed by atoms with Crippen LogP contribution in [0.1, 0.15) is 36.5 Å². The first-order valence-corrected chi connectivity index (χ1v) is 13.3. The fraction of sp³-hybridized carbons (Fsp3) is 0.464. The molecule has 2 aromatic rings. The number of carbonyl (C=O) groups is 3. The van der Waals surface area contributed by atoms with E-state index in [0.29, 0.717) is 11.3 Å². The van der Waals surface area contributed by atoms with Gasteiger partial charge in [-0.15, -0.1) is 0 Å². The fourth-order valence-corrected chi connectivity index (χ4v) is 4.95. The number of piperidine rings is 1. The molecule has 2 fully saturated rings. The highest BCUT2D eigenvalue weighted by Crippen LogP contribution is 2.31. The van der Waals surface area contributed by atoms with Crippen molar-refractivity contribution in [1.29, 1.82) is 0 Å². The fourth-order valence-electron chi connectivity index (χ4n) is 4.95. The molecule has 0 saturated carbocycles. The predicted octanol–water partition coefficient (Wildman–Crippen LogP) is 3.33. The zero-order valence-corrected chi connectivity index (χ0v) is 22.2. The number of urea groups is 1. The van der Waals surface area contributed by atoms with Crippen LogP contribution in [0.5, 0.6) is 5.75 Å². The van der Waals surface area contributed by atoms with Crippen LogP contribution >= 0.6 is 0 Å². The van der Waals surface area contributed by atoms with Crippen molar-refractivity contribution in [3.63, 3.8) is 0 Å². The molecule has 2 aromatic carbocycles. The molecule has 2 aliphatic rings. The van der Waals surface area contributed by atoms with Gasteiger partial charge in [-0.05, 0) is 56.5 Å². The summed E-state index contributed by atoms with van der Waals surface area (Å²) in [7, 11) is 1.68. The number of nitrogens with zero attached hydrogens (tertiary/aromatic N) is 3. The summed E-state index contributed by atoms with van der Waals surface area (Å²) < 4.78 is 10.4. The standard InChI is InChI=1S/C28H37N5O5/c1-3-38-26(34)20-29-28(36)30-21-11-12-23(22(19-21)27(35)33-13-7-4-8-14-33)31-15-17-32(18-16-31)24-9-5-6-10-25(24)37-2/h5-6,9-12,19H,3-4,7-8,13-18,20H2,1-2H3,(H2,29,30,36). The number of carbonyl (C=O) groups excluding carboxylic acids is 3. The Balaban J connectivity index is 1.50. The van der Waals surface area contributed by atoms with Crippen molar-refractivity contribution in [2.75, 3.05) is 74.6 Å². The van der Waals surface area contributed by atoms with Crippen LogP contribution in [0.2, 0.25) is 0 Å². The number of esters is 1. The SMILES string of the molecule is CCOC(=O)CNC(=O)Nc1ccc(N2CCN(c3ccccc3OC)CC2)c(C(=O)N2CCCCC2)c1. The molecule has 0 bridgehead atoms. The van der Waals surface area contributed by atoms with Gasteiger partial charge >= 0.3 is 12.0 Å². The Morgan fingerprint density at radius 2 is 1.55 bits per heavy atom. The van der Waals surface area contributed by atoms with Gasteiger partial charge in [0.1, 0.15) is 12.3 Å². The molecular weight excluding hydrogens is 486 g/mol. The highest BCUT2D eigenvalue weighted by atomic mass is 16.5. The number of amides is 3. The van der Waals surface area contributed by atoms with E-state index in [-0.39, 0.29) is 19.1 Å².